The van der Waals surface area contributed by atoms with E-state index in [4.69, 9.17) is 4.74 Å². The molecule has 3 nitrogen and oxygen atoms in total. The van der Waals surface area contributed by atoms with Crippen molar-refractivity contribution in [2.75, 3.05) is 25.1 Å². The minimum Gasteiger partial charge on any atom is -0.392 e. The highest BCUT2D eigenvalue weighted by molar-refractivity contribution is 9.10. The van der Waals surface area contributed by atoms with Gasteiger partial charge in [-0.2, -0.15) is 0 Å². The van der Waals surface area contributed by atoms with Crippen LogP contribution in [0.5, 0.6) is 0 Å². The number of ether oxygens (including phenoxy) is 1. The molecule has 1 N–H and O–H groups in total. The largest absolute Gasteiger partial charge is 0.392 e. The van der Waals surface area contributed by atoms with Crippen molar-refractivity contribution in [1.29, 1.82) is 0 Å². The fraction of sp³-hybridized carbons (Fsp3) is 0.538. The van der Waals surface area contributed by atoms with Crippen molar-refractivity contribution in [3.05, 3.63) is 28.2 Å². The van der Waals surface area contributed by atoms with Gasteiger partial charge in [-0.3, -0.25) is 0 Å². The smallest absolute Gasteiger partial charge is 0.0750 e. The lowest BCUT2D eigenvalue weighted by atomic mass is 10.1. The molecule has 1 fully saturated rings. The van der Waals surface area contributed by atoms with Crippen LogP contribution in [0.2, 0.25) is 0 Å². The van der Waals surface area contributed by atoms with Gasteiger partial charge in [0, 0.05) is 35.9 Å². The first-order chi connectivity index (χ1) is 8.20. The molecule has 0 spiro atoms. The number of anilines is 1. The van der Waals surface area contributed by atoms with Crippen LogP contribution in [0.4, 0.5) is 5.69 Å². The standard InChI is InChI=1S/C13H18BrNO2/c1-15(8-12-3-2-6-17-12)13-7-11(14)5-4-10(13)9-16/h4-5,7,12,16H,2-3,6,8-9H2,1H3. The van der Waals surface area contributed by atoms with Gasteiger partial charge in [0.25, 0.3) is 0 Å². The van der Waals surface area contributed by atoms with Crippen molar-refractivity contribution in [3.63, 3.8) is 0 Å². The van der Waals surface area contributed by atoms with Crippen molar-refractivity contribution in [2.45, 2.75) is 25.6 Å². The predicted octanol–water partition coefficient (Wildman–Crippen LogP) is 2.56. The molecule has 94 valence electrons. The first kappa shape index (κ1) is 12.9. The fourth-order valence-electron chi connectivity index (χ4n) is 2.22. The van der Waals surface area contributed by atoms with Gasteiger partial charge >= 0.3 is 0 Å². The minimum absolute atomic E-state index is 0.0679. The summed E-state index contributed by atoms with van der Waals surface area (Å²) >= 11 is 3.47. The van der Waals surface area contributed by atoms with Crippen LogP contribution in [0.3, 0.4) is 0 Å². The van der Waals surface area contributed by atoms with Crippen LogP contribution < -0.4 is 4.90 Å². The third kappa shape index (κ3) is 3.21. The average molecular weight is 300 g/mol. The topological polar surface area (TPSA) is 32.7 Å². The highest BCUT2D eigenvalue weighted by Gasteiger charge is 2.18. The van der Waals surface area contributed by atoms with Gasteiger partial charge in [-0.1, -0.05) is 22.0 Å². The Labute approximate surface area is 111 Å². The molecule has 1 unspecified atom stereocenters. The highest BCUT2D eigenvalue weighted by atomic mass is 79.9. The zero-order valence-electron chi connectivity index (χ0n) is 10.0. The van der Waals surface area contributed by atoms with Gasteiger partial charge in [0.2, 0.25) is 0 Å². The van der Waals surface area contributed by atoms with Crippen LogP contribution in [0.25, 0.3) is 0 Å². The van der Waals surface area contributed by atoms with E-state index >= 15 is 0 Å². The summed E-state index contributed by atoms with van der Waals surface area (Å²) in [4.78, 5) is 2.16. The summed E-state index contributed by atoms with van der Waals surface area (Å²) in [5.74, 6) is 0. The molecule has 2 rings (SSSR count). The number of hydrogen-bond donors (Lipinski definition) is 1. The Hall–Kier alpha value is -0.580. The molecular formula is C13H18BrNO2. The van der Waals surface area contributed by atoms with Crippen molar-refractivity contribution in [2.24, 2.45) is 0 Å². The van der Waals surface area contributed by atoms with Gasteiger partial charge in [0.15, 0.2) is 0 Å². The monoisotopic (exact) mass is 299 g/mol. The Bertz CT molecular complexity index is 378. The summed E-state index contributed by atoms with van der Waals surface area (Å²) < 4.78 is 6.66. The Kier molecular flexibility index (Phi) is 4.42. The lowest BCUT2D eigenvalue weighted by Crippen LogP contribution is -2.29. The maximum absolute atomic E-state index is 9.35. The van der Waals surface area contributed by atoms with Gasteiger partial charge in [-0.25, -0.2) is 0 Å². The van der Waals surface area contributed by atoms with E-state index in [2.05, 4.69) is 20.8 Å². The molecule has 0 bridgehead atoms. The minimum atomic E-state index is 0.0679. The molecule has 4 heteroatoms. The Morgan fingerprint density at radius 2 is 2.35 bits per heavy atom. The molecule has 1 atom stereocenters. The second-order valence-corrected chi connectivity index (χ2v) is 5.36. The van der Waals surface area contributed by atoms with Gasteiger partial charge < -0.3 is 14.7 Å². The molecule has 0 aliphatic carbocycles. The summed E-state index contributed by atoms with van der Waals surface area (Å²) in [6, 6.07) is 5.95. The van der Waals surface area contributed by atoms with Gasteiger partial charge in [0.05, 0.1) is 12.7 Å². The predicted molar refractivity (Wildman–Crippen MR) is 72.3 cm³/mol. The van der Waals surface area contributed by atoms with Crippen molar-refractivity contribution in [1.82, 2.24) is 0 Å². The molecule has 1 aliphatic rings. The van der Waals surface area contributed by atoms with E-state index < -0.39 is 0 Å². The molecule has 17 heavy (non-hydrogen) atoms. The molecule has 0 saturated carbocycles. The highest BCUT2D eigenvalue weighted by Crippen LogP contribution is 2.26. The maximum atomic E-state index is 9.35. The molecule has 0 radical (unpaired) electrons. The van der Waals surface area contributed by atoms with E-state index in [-0.39, 0.29) is 6.61 Å². The molecule has 0 amide bonds. The Morgan fingerprint density at radius 3 is 3.00 bits per heavy atom. The molecule has 1 aliphatic heterocycles. The molecule has 1 aromatic rings. The van der Waals surface area contributed by atoms with Gasteiger partial charge in [-0.15, -0.1) is 0 Å². The Balaban J connectivity index is 2.11. The van der Waals surface area contributed by atoms with Crippen LogP contribution in [0, 0.1) is 0 Å². The van der Waals surface area contributed by atoms with E-state index in [1.54, 1.807) is 0 Å². The molecule has 1 heterocycles. The Morgan fingerprint density at radius 1 is 1.53 bits per heavy atom. The second kappa shape index (κ2) is 5.85. The molecule has 0 aromatic heterocycles. The number of rotatable bonds is 4. The van der Waals surface area contributed by atoms with Crippen molar-refractivity contribution < 1.29 is 9.84 Å². The van der Waals surface area contributed by atoms with E-state index in [0.717, 1.165) is 41.7 Å². The molecule has 1 saturated heterocycles. The van der Waals surface area contributed by atoms with E-state index in [9.17, 15) is 5.11 Å². The quantitative estimate of drug-likeness (QED) is 0.927. The lowest BCUT2D eigenvalue weighted by molar-refractivity contribution is 0.116. The first-order valence-corrected chi connectivity index (χ1v) is 6.72. The lowest BCUT2D eigenvalue weighted by Gasteiger charge is -2.25. The number of nitrogens with zero attached hydrogens (tertiary/aromatic N) is 1. The maximum Gasteiger partial charge on any atom is 0.0750 e. The summed E-state index contributed by atoms with van der Waals surface area (Å²) in [7, 11) is 2.04. The number of aliphatic hydroxyl groups is 1. The van der Waals surface area contributed by atoms with Crippen LogP contribution >= 0.6 is 15.9 Å². The van der Waals surface area contributed by atoms with Crippen molar-refractivity contribution in [3.8, 4) is 0 Å². The van der Waals surface area contributed by atoms with E-state index in [1.807, 2.05) is 25.2 Å². The third-order valence-electron chi connectivity index (χ3n) is 3.13. The van der Waals surface area contributed by atoms with Gasteiger partial charge in [-0.05, 0) is 25.0 Å². The average Bonchev–Trinajstić information content (AvgIpc) is 2.81. The second-order valence-electron chi connectivity index (χ2n) is 4.45. The summed E-state index contributed by atoms with van der Waals surface area (Å²) in [5, 5.41) is 9.35. The van der Waals surface area contributed by atoms with Crippen LogP contribution in [-0.4, -0.2) is 31.4 Å². The molecular weight excluding hydrogens is 282 g/mol. The number of likely N-dealkylation sites (N-methyl/N-ethyl adjacent to an activating group) is 1. The fourth-order valence-corrected chi connectivity index (χ4v) is 2.57. The number of aliphatic hydroxyl groups excluding tert-OH is 1. The zero-order valence-corrected chi connectivity index (χ0v) is 11.6. The van der Waals surface area contributed by atoms with E-state index in [1.165, 1.54) is 0 Å². The molecule has 1 aromatic carbocycles. The zero-order chi connectivity index (χ0) is 12.3. The normalized spacial score (nSPS) is 19.6. The summed E-state index contributed by atoms with van der Waals surface area (Å²) in [6.07, 6.45) is 2.61. The third-order valence-corrected chi connectivity index (χ3v) is 3.62. The summed E-state index contributed by atoms with van der Waals surface area (Å²) in [6.45, 7) is 1.83. The van der Waals surface area contributed by atoms with Gasteiger partial charge in [0.1, 0.15) is 0 Å². The first-order valence-electron chi connectivity index (χ1n) is 5.92. The summed E-state index contributed by atoms with van der Waals surface area (Å²) in [5.41, 5.74) is 2.02. The number of halogens is 1. The van der Waals surface area contributed by atoms with Crippen LogP contribution in [-0.2, 0) is 11.3 Å². The van der Waals surface area contributed by atoms with Crippen molar-refractivity contribution >= 4 is 21.6 Å². The SMILES string of the molecule is CN(CC1CCCO1)c1cc(Br)ccc1CO. The van der Waals surface area contributed by atoms with Crippen LogP contribution in [0.1, 0.15) is 18.4 Å². The van der Waals surface area contributed by atoms with Crippen LogP contribution in [0.15, 0.2) is 22.7 Å². The number of hydrogen-bond acceptors (Lipinski definition) is 3. The van der Waals surface area contributed by atoms with E-state index in [0.29, 0.717) is 6.10 Å². The number of benzene rings is 1.